The molecule has 2 atom stereocenters. The highest BCUT2D eigenvalue weighted by Gasteiger charge is 2.20. The van der Waals surface area contributed by atoms with Gasteiger partial charge in [-0.05, 0) is 56.2 Å². The topological polar surface area (TPSA) is 46.2 Å². The van der Waals surface area contributed by atoms with Gasteiger partial charge in [-0.3, -0.25) is 0 Å². The molecule has 0 aromatic heterocycles. The molecule has 3 N–H and O–H groups in total. The van der Waals surface area contributed by atoms with Crippen LogP contribution in [0.2, 0.25) is 0 Å². The molecule has 0 saturated heterocycles. The average molecular weight is 249 g/mol. The van der Waals surface area contributed by atoms with Gasteiger partial charge in [0.05, 0.1) is 12.1 Å². The van der Waals surface area contributed by atoms with Crippen LogP contribution in [0.25, 0.3) is 0 Å². The highest BCUT2D eigenvalue weighted by molar-refractivity contribution is 5.39. The summed E-state index contributed by atoms with van der Waals surface area (Å²) < 4.78 is 0. The first kappa shape index (κ1) is 15.2. The lowest BCUT2D eigenvalue weighted by Gasteiger charge is -2.24. The lowest BCUT2D eigenvalue weighted by Crippen LogP contribution is -2.28. The van der Waals surface area contributed by atoms with E-state index in [-0.39, 0.29) is 6.04 Å². The predicted molar refractivity (Wildman–Crippen MR) is 77.7 cm³/mol. The maximum absolute atomic E-state index is 10.2. The van der Waals surface area contributed by atoms with E-state index in [1.165, 1.54) is 16.7 Å². The monoisotopic (exact) mass is 249 g/mol. The fourth-order valence-corrected chi connectivity index (χ4v) is 2.59. The van der Waals surface area contributed by atoms with Gasteiger partial charge in [0, 0.05) is 0 Å². The lowest BCUT2D eigenvalue weighted by atomic mass is 9.89. The van der Waals surface area contributed by atoms with Crippen LogP contribution in [0.3, 0.4) is 0 Å². The molecule has 1 rings (SSSR count). The number of aliphatic hydroxyl groups is 1. The van der Waals surface area contributed by atoms with Crippen LogP contribution in [0.4, 0.5) is 0 Å². The number of aliphatic hydroxyl groups excluding tert-OH is 1. The third-order valence-corrected chi connectivity index (χ3v) is 3.53. The molecule has 0 radical (unpaired) electrons. The first-order valence-corrected chi connectivity index (χ1v) is 6.84. The van der Waals surface area contributed by atoms with Crippen LogP contribution in [0, 0.1) is 26.7 Å². The van der Waals surface area contributed by atoms with Gasteiger partial charge in [0.1, 0.15) is 0 Å². The maximum Gasteiger partial charge on any atom is 0.0733 e. The minimum absolute atomic E-state index is 0.274. The van der Waals surface area contributed by atoms with Crippen LogP contribution >= 0.6 is 0 Å². The normalized spacial score (nSPS) is 14.9. The van der Waals surface area contributed by atoms with Crippen LogP contribution in [0.5, 0.6) is 0 Å². The quantitative estimate of drug-likeness (QED) is 0.840. The fraction of sp³-hybridized carbons (Fsp3) is 0.625. The molecule has 0 aliphatic heterocycles. The van der Waals surface area contributed by atoms with Gasteiger partial charge in [0.2, 0.25) is 0 Å². The van der Waals surface area contributed by atoms with Crippen molar-refractivity contribution in [3.05, 3.63) is 34.4 Å². The molecule has 18 heavy (non-hydrogen) atoms. The highest BCUT2D eigenvalue weighted by Crippen LogP contribution is 2.26. The first-order chi connectivity index (χ1) is 8.32. The molecule has 2 nitrogen and oxygen atoms in total. The fourth-order valence-electron chi connectivity index (χ4n) is 2.59. The second kappa shape index (κ2) is 6.35. The van der Waals surface area contributed by atoms with Crippen molar-refractivity contribution < 1.29 is 5.11 Å². The number of hydrogen-bond donors (Lipinski definition) is 2. The third-order valence-electron chi connectivity index (χ3n) is 3.53. The van der Waals surface area contributed by atoms with Crippen molar-refractivity contribution in [3.63, 3.8) is 0 Å². The molecule has 1 aromatic rings. The summed E-state index contributed by atoms with van der Waals surface area (Å²) in [6.07, 6.45) is 1.33. The molecule has 0 unspecified atom stereocenters. The van der Waals surface area contributed by atoms with E-state index < -0.39 is 6.10 Å². The number of aryl methyl sites for hydroxylation is 3. The van der Waals surface area contributed by atoms with Gasteiger partial charge in [-0.1, -0.05) is 31.5 Å². The smallest absolute Gasteiger partial charge is 0.0733 e. The highest BCUT2D eigenvalue weighted by atomic mass is 16.3. The number of nitrogens with two attached hydrogens (primary N) is 1. The minimum Gasteiger partial charge on any atom is -0.391 e. The zero-order valence-corrected chi connectivity index (χ0v) is 12.3. The molecule has 0 amide bonds. The SMILES string of the molecule is Cc1cc(C)c([C@H](N)[C@H](O)CCC(C)C)c(C)c1. The maximum atomic E-state index is 10.2. The van der Waals surface area contributed by atoms with Crippen LogP contribution < -0.4 is 5.73 Å². The summed E-state index contributed by atoms with van der Waals surface area (Å²) in [5, 5.41) is 10.2. The zero-order chi connectivity index (χ0) is 13.9. The van der Waals surface area contributed by atoms with Crippen molar-refractivity contribution in [2.24, 2.45) is 11.7 Å². The predicted octanol–water partition coefficient (Wildman–Crippen LogP) is 3.41. The molecule has 0 bridgehead atoms. The van der Waals surface area contributed by atoms with E-state index in [0.29, 0.717) is 5.92 Å². The summed E-state index contributed by atoms with van der Waals surface area (Å²) in [6, 6.07) is 4.00. The second-order valence-corrected chi connectivity index (χ2v) is 5.88. The van der Waals surface area contributed by atoms with Crippen molar-refractivity contribution in [2.45, 2.75) is 59.6 Å². The molecule has 0 aliphatic carbocycles. The van der Waals surface area contributed by atoms with Crippen molar-refractivity contribution in [3.8, 4) is 0 Å². The Balaban J connectivity index is 2.86. The Bertz CT molecular complexity index is 375. The summed E-state index contributed by atoms with van der Waals surface area (Å²) in [5.41, 5.74) is 11.0. The third kappa shape index (κ3) is 3.82. The van der Waals surface area contributed by atoms with Gasteiger partial charge in [-0.15, -0.1) is 0 Å². The van der Waals surface area contributed by atoms with E-state index in [0.717, 1.165) is 18.4 Å². The van der Waals surface area contributed by atoms with E-state index in [1.54, 1.807) is 0 Å². The van der Waals surface area contributed by atoms with Crippen molar-refractivity contribution in [1.82, 2.24) is 0 Å². The summed E-state index contributed by atoms with van der Waals surface area (Å²) in [7, 11) is 0. The van der Waals surface area contributed by atoms with Gasteiger partial charge >= 0.3 is 0 Å². The Hall–Kier alpha value is -0.860. The molecule has 1 aromatic carbocycles. The van der Waals surface area contributed by atoms with Crippen molar-refractivity contribution in [1.29, 1.82) is 0 Å². The van der Waals surface area contributed by atoms with Gasteiger partial charge in [-0.25, -0.2) is 0 Å². The van der Waals surface area contributed by atoms with Crippen LogP contribution in [0.15, 0.2) is 12.1 Å². The van der Waals surface area contributed by atoms with Gasteiger partial charge < -0.3 is 10.8 Å². The number of rotatable bonds is 5. The molecule has 0 heterocycles. The summed E-state index contributed by atoms with van der Waals surface area (Å²) >= 11 is 0. The number of hydrogen-bond acceptors (Lipinski definition) is 2. The molecule has 102 valence electrons. The Kier molecular flexibility index (Phi) is 5.36. The van der Waals surface area contributed by atoms with E-state index in [2.05, 4.69) is 46.8 Å². The van der Waals surface area contributed by atoms with Crippen LogP contribution in [-0.4, -0.2) is 11.2 Å². The van der Waals surface area contributed by atoms with Crippen molar-refractivity contribution in [2.75, 3.05) is 0 Å². The zero-order valence-electron chi connectivity index (χ0n) is 12.3. The van der Waals surface area contributed by atoms with Gasteiger partial charge in [-0.2, -0.15) is 0 Å². The number of benzene rings is 1. The standard InChI is InChI=1S/C16H27NO/c1-10(2)6-7-14(18)16(17)15-12(4)8-11(3)9-13(15)5/h8-10,14,16,18H,6-7,17H2,1-5H3/t14-,16-/m1/s1. The van der Waals surface area contributed by atoms with Gasteiger partial charge in [0.15, 0.2) is 0 Å². The van der Waals surface area contributed by atoms with E-state index in [4.69, 9.17) is 5.73 Å². The van der Waals surface area contributed by atoms with E-state index >= 15 is 0 Å². The molecule has 2 heteroatoms. The molecular formula is C16H27NO. The molecule has 0 fully saturated rings. The molecular weight excluding hydrogens is 222 g/mol. The van der Waals surface area contributed by atoms with E-state index in [1.807, 2.05) is 0 Å². The van der Waals surface area contributed by atoms with Crippen LogP contribution in [0.1, 0.15) is 55.0 Å². The van der Waals surface area contributed by atoms with Gasteiger partial charge in [0.25, 0.3) is 0 Å². The molecule has 0 aliphatic rings. The summed E-state index contributed by atoms with van der Waals surface area (Å²) in [5.74, 6) is 0.604. The van der Waals surface area contributed by atoms with Crippen molar-refractivity contribution >= 4 is 0 Å². The van der Waals surface area contributed by atoms with E-state index in [9.17, 15) is 5.11 Å². The molecule has 0 saturated carbocycles. The summed E-state index contributed by atoms with van der Waals surface area (Å²) in [4.78, 5) is 0. The second-order valence-electron chi connectivity index (χ2n) is 5.88. The first-order valence-electron chi connectivity index (χ1n) is 6.84. The Morgan fingerprint density at radius 2 is 1.56 bits per heavy atom. The Morgan fingerprint density at radius 1 is 1.06 bits per heavy atom. The molecule has 0 spiro atoms. The minimum atomic E-state index is -0.451. The largest absolute Gasteiger partial charge is 0.391 e. The Morgan fingerprint density at radius 3 is 2.00 bits per heavy atom. The average Bonchev–Trinajstić information content (AvgIpc) is 2.24. The summed E-state index contributed by atoms with van der Waals surface area (Å²) in [6.45, 7) is 10.6. The van der Waals surface area contributed by atoms with Crippen LogP contribution in [-0.2, 0) is 0 Å². The Labute approximate surface area is 111 Å². The lowest BCUT2D eigenvalue weighted by molar-refractivity contribution is 0.128.